The molecule has 2 aromatic rings. The number of carbonyl (C=O) groups is 2. The number of aryl methyl sites for hydroxylation is 1. The van der Waals surface area contributed by atoms with Gasteiger partial charge in [0.15, 0.2) is 6.61 Å². The summed E-state index contributed by atoms with van der Waals surface area (Å²) in [5, 5.41) is 9.43. The lowest BCUT2D eigenvalue weighted by atomic mass is 10.1. The number of benzene rings is 1. The predicted octanol–water partition coefficient (Wildman–Crippen LogP) is 2.87. The summed E-state index contributed by atoms with van der Waals surface area (Å²) in [4.78, 5) is 26.2. The van der Waals surface area contributed by atoms with Gasteiger partial charge in [0.25, 0.3) is 5.91 Å². The number of methoxy groups -OCH3 is 2. The van der Waals surface area contributed by atoms with Crippen molar-refractivity contribution in [1.29, 1.82) is 5.26 Å². The molecule has 0 saturated carbocycles. The molecule has 32 heavy (non-hydrogen) atoms. The zero-order valence-corrected chi connectivity index (χ0v) is 19.2. The van der Waals surface area contributed by atoms with Gasteiger partial charge in [-0.1, -0.05) is 12.1 Å². The number of likely N-dealkylation sites (N-methyl/N-ethyl adjacent to an activating group) is 1. The molecule has 1 aromatic carbocycles. The van der Waals surface area contributed by atoms with Crippen LogP contribution in [0.25, 0.3) is 6.08 Å². The number of hydrogen-bond acceptors (Lipinski definition) is 6. The molecule has 0 saturated heterocycles. The topological polar surface area (TPSA) is 93.8 Å². The number of amides is 1. The van der Waals surface area contributed by atoms with Crippen molar-refractivity contribution in [1.82, 2.24) is 9.47 Å². The largest absolute Gasteiger partial charge is 0.497 e. The molecule has 1 amide bonds. The highest BCUT2D eigenvalue weighted by molar-refractivity contribution is 5.99. The lowest BCUT2D eigenvalue weighted by molar-refractivity contribution is -0.148. The summed E-state index contributed by atoms with van der Waals surface area (Å²) >= 11 is 0. The molecular formula is C24H29N3O5. The number of ether oxygens (including phenoxy) is 3. The highest BCUT2D eigenvalue weighted by Crippen LogP contribution is 2.19. The molecule has 170 valence electrons. The van der Waals surface area contributed by atoms with Crippen LogP contribution < -0.4 is 4.74 Å². The van der Waals surface area contributed by atoms with Gasteiger partial charge in [-0.05, 0) is 49.2 Å². The first-order chi connectivity index (χ1) is 15.3. The number of nitrogens with zero attached hydrogens (tertiary/aromatic N) is 3. The first kappa shape index (κ1) is 24.7. The van der Waals surface area contributed by atoms with E-state index in [0.717, 1.165) is 22.5 Å². The molecule has 8 nitrogen and oxygen atoms in total. The highest BCUT2D eigenvalue weighted by Gasteiger charge is 2.17. The van der Waals surface area contributed by atoms with E-state index in [1.54, 1.807) is 21.3 Å². The molecule has 0 atom stereocenters. The second-order valence-electron chi connectivity index (χ2n) is 7.32. The number of nitriles is 1. The Bertz CT molecular complexity index is 1030. The van der Waals surface area contributed by atoms with Crippen molar-refractivity contribution in [3.63, 3.8) is 0 Å². The molecule has 0 fully saturated rings. The van der Waals surface area contributed by atoms with Crippen LogP contribution in [-0.2, 0) is 32.2 Å². The lowest BCUT2D eigenvalue weighted by Crippen LogP contribution is -2.31. The van der Waals surface area contributed by atoms with E-state index in [9.17, 15) is 14.9 Å². The normalized spacial score (nSPS) is 11.1. The number of hydrogen-bond donors (Lipinski definition) is 0. The van der Waals surface area contributed by atoms with Crippen molar-refractivity contribution in [2.24, 2.45) is 0 Å². The number of carbonyl (C=O) groups excluding carboxylic acids is 2. The summed E-state index contributed by atoms with van der Waals surface area (Å²) in [7, 11) is 4.82. The highest BCUT2D eigenvalue weighted by atomic mass is 16.5. The minimum Gasteiger partial charge on any atom is -0.497 e. The van der Waals surface area contributed by atoms with Gasteiger partial charge in [-0.3, -0.25) is 4.79 Å². The Morgan fingerprint density at radius 1 is 1.22 bits per heavy atom. The van der Waals surface area contributed by atoms with E-state index in [1.165, 1.54) is 11.0 Å². The maximum absolute atomic E-state index is 12.4. The molecule has 8 heteroatoms. The molecule has 2 rings (SSSR count). The van der Waals surface area contributed by atoms with Crippen LogP contribution in [-0.4, -0.2) is 55.8 Å². The third kappa shape index (κ3) is 6.46. The van der Waals surface area contributed by atoms with Crippen LogP contribution in [0.2, 0.25) is 0 Å². The van der Waals surface area contributed by atoms with Crippen LogP contribution in [0.5, 0.6) is 5.75 Å². The minimum absolute atomic E-state index is 0.166. The summed E-state index contributed by atoms with van der Waals surface area (Å²) in [6.07, 6.45) is 1.48. The Kier molecular flexibility index (Phi) is 9.05. The number of aromatic nitrogens is 1. The van der Waals surface area contributed by atoms with E-state index in [2.05, 4.69) is 0 Å². The van der Waals surface area contributed by atoms with Gasteiger partial charge >= 0.3 is 5.97 Å². The van der Waals surface area contributed by atoms with E-state index in [0.29, 0.717) is 25.4 Å². The molecule has 0 radical (unpaired) electrons. The van der Waals surface area contributed by atoms with Crippen molar-refractivity contribution >= 4 is 18.0 Å². The fourth-order valence-electron chi connectivity index (χ4n) is 3.24. The number of esters is 1. The first-order valence-corrected chi connectivity index (χ1v) is 10.1. The van der Waals surface area contributed by atoms with Gasteiger partial charge in [-0.25, -0.2) is 4.79 Å². The van der Waals surface area contributed by atoms with Crippen molar-refractivity contribution in [2.75, 3.05) is 34.5 Å². The molecule has 1 aromatic heterocycles. The molecule has 0 bridgehead atoms. The van der Waals surface area contributed by atoms with Gasteiger partial charge in [0.1, 0.15) is 17.4 Å². The molecule has 0 aliphatic rings. The molecule has 0 spiro atoms. The second-order valence-corrected chi connectivity index (χ2v) is 7.32. The van der Waals surface area contributed by atoms with E-state index in [4.69, 9.17) is 14.2 Å². The Labute approximate surface area is 188 Å². The average Bonchev–Trinajstić information content (AvgIpc) is 3.06. The molecule has 0 aliphatic carbocycles. The van der Waals surface area contributed by atoms with Gasteiger partial charge < -0.3 is 23.7 Å². The summed E-state index contributed by atoms with van der Waals surface area (Å²) in [6, 6.07) is 11.1. The second kappa shape index (κ2) is 11.7. The molecule has 1 heterocycles. The third-order valence-electron chi connectivity index (χ3n) is 5.08. The smallest absolute Gasteiger partial charge is 0.349 e. The summed E-state index contributed by atoms with van der Waals surface area (Å²) in [5.41, 5.74) is 3.36. The average molecular weight is 440 g/mol. The number of rotatable bonds is 10. The first-order valence-electron chi connectivity index (χ1n) is 10.1. The molecular weight excluding hydrogens is 410 g/mol. The van der Waals surface area contributed by atoms with E-state index in [1.807, 2.05) is 54.8 Å². The summed E-state index contributed by atoms with van der Waals surface area (Å²) in [5.74, 6) is -0.520. The van der Waals surface area contributed by atoms with E-state index >= 15 is 0 Å². The fraction of sp³-hybridized carbons (Fsp3) is 0.375. The Morgan fingerprint density at radius 3 is 2.62 bits per heavy atom. The van der Waals surface area contributed by atoms with Crippen molar-refractivity contribution in [3.8, 4) is 11.8 Å². The zero-order chi connectivity index (χ0) is 23.7. The van der Waals surface area contributed by atoms with Gasteiger partial charge in [-0.15, -0.1) is 0 Å². The van der Waals surface area contributed by atoms with Gasteiger partial charge in [0.05, 0.1) is 13.7 Å². The van der Waals surface area contributed by atoms with Gasteiger partial charge in [0, 0.05) is 38.6 Å². The Hall–Kier alpha value is -3.57. The summed E-state index contributed by atoms with van der Waals surface area (Å²) < 4.78 is 17.5. The monoisotopic (exact) mass is 439 g/mol. The van der Waals surface area contributed by atoms with Crippen LogP contribution >= 0.6 is 0 Å². The standard InChI is InChI=1S/C24H29N3O5/c1-17-11-20(18(2)27(17)9-10-30-4)13-21(14-25)24(29)32-16-23(28)26(3)15-19-7-6-8-22(12-19)31-5/h6-8,11-13H,9-10,15-16H2,1-5H3/b21-13+. The summed E-state index contributed by atoms with van der Waals surface area (Å²) in [6.45, 7) is 4.96. The van der Waals surface area contributed by atoms with Crippen molar-refractivity contribution in [3.05, 3.63) is 58.4 Å². The molecule has 0 N–H and O–H groups in total. The lowest BCUT2D eigenvalue weighted by Gasteiger charge is -2.17. The zero-order valence-electron chi connectivity index (χ0n) is 19.2. The van der Waals surface area contributed by atoms with Crippen LogP contribution in [0.15, 0.2) is 35.9 Å². The van der Waals surface area contributed by atoms with Gasteiger partial charge in [0.2, 0.25) is 0 Å². The minimum atomic E-state index is -0.836. The van der Waals surface area contributed by atoms with E-state index in [-0.39, 0.29) is 11.5 Å². The van der Waals surface area contributed by atoms with Crippen LogP contribution in [0, 0.1) is 25.2 Å². The van der Waals surface area contributed by atoms with E-state index < -0.39 is 12.6 Å². The molecule has 0 unspecified atom stereocenters. The van der Waals surface area contributed by atoms with Crippen LogP contribution in [0.3, 0.4) is 0 Å². The van der Waals surface area contributed by atoms with Crippen molar-refractivity contribution in [2.45, 2.75) is 26.9 Å². The SMILES string of the molecule is COCCn1c(C)cc(/C=C(\C#N)C(=O)OCC(=O)N(C)Cc2cccc(OC)c2)c1C. The maximum atomic E-state index is 12.4. The quantitative estimate of drug-likeness (QED) is 0.321. The fourth-order valence-corrected chi connectivity index (χ4v) is 3.24. The maximum Gasteiger partial charge on any atom is 0.349 e. The van der Waals surface area contributed by atoms with Crippen molar-refractivity contribution < 1.29 is 23.8 Å². The third-order valence-corrected chi connectivity index (χ3v) is 5.08. The molecule has 0 aliphatic heterocycles. The Morgan fingerprint density at radius 2 is 1.97 bits per heavy atom. The van der Waals surface area contributed by atoms with Gasteiger partial charge in [-0.2, -0.15) is 5.26 Å². The van der Waals surface area contributed by atoms with Crippen LogP contribution in [0.1, 0.15) is 22.5 Å². The van der Waals surface area contributed by atoms with Crippen LogP contribution in [0.4, 0.5) is 0 Å². The Balaban J connectivity index is 2.01. The predicted molar refractivity (Wildman–Crippen MR) is 120 cm³/mol.